The van der Waals surface area contributed by atoms with Crippen LogP contribution in [0.15, 0.2) is 77.7 Å². The number of thiophene rings is 1. The standard InChI is InChI=1S/C32H30N4O3S3/c1-20(2)35-17-16-24-28(19-35)41-32(29(24)31-33-25-8-4-6-10-27(25)40-31)34-30(37)22-11-13-23(14-12-22)42(38,39)36-18-15-21-7-3-5-9-26(21)36/h3-14,20H,15-19H2,1-2H3,(H,34,37). The van der Waals surface area contributed by atoms with E-state index in [0.29, 0.717) is 24.6 Å². The van der Waals surface area contributed by atoms with Crippen LogP contribution in [0.5, 0.6) is 0 Å². The number of hydrogen-bond donors (Lipinski definition) is 1. The molecule has 7 rings (SSSR count). The lowest BCUT2D eigenvalue weighted by atomic mass is 10.0. The molecule has 2 aliphatic rings. The van der Waals surface area contributed by atoms with Gasteiger partial charge in [-0.05, 0) is 80.3 Å². The van der Waals surface area contributed by atoms with Crippen LogP contribution in [-0.2, 0) is 29.4 Å². The largest absolute Gasteiger partial charge is 0.313 e. The van der Waals surface area contributed by atoms with E-state index in [1.54, 1.807) is 34.8 Å². The van der Waals surface area contributed by atoms with Gasteiger partial charge in [0.15, 0.2) is 0 Å². The summed E-state index contributed by atoms with van der Waals surface area (Å²) in [6.45, 7) is 6.64. The van der Waals surface area contributed by atoms with Crippen molar-refractivity contribution in [2.24, 2.45) is 0 Å². The van der Waals surface area contributed by atoms with Crippen molar-refractivity contribution in [2.45, 2.75) is 44.2 Å². The van der Waals surface area contributed by atoms with Crippen molar-refractivity contribution in [3.63, 3.8) is 0 Å². The van der Waals surface area contributed by atoms with Gasteiger partial charge in [0.1, 0.15) is 10.0 Å². The lowest BCUT2D eigenvalue weighted by Gasteiger charge is -2.30. The molecule has 0 spiro atoms. The summed E-state index contributed by atoms with van der Waals surface area (Å²) < 4.78 is 29.5. The molecular formula is C32H30N4O3S3. The van der Waals surface area contributed by atoms with E-state index in [0.717, 1.165) is 56.5 Å². The molecule has 42 heavy (non-hydrogen) atoms. The predicted molar refractivity (Wildman–Crippen MR) is 171 cm³/mol. The molecule has 0 saturated heterocycles. The first-order valence-corrected chi connectivity index (χ1v) is 17.1. The SMILES string of the molecule is CC(C)N1CCc2c(sc(NC(=O)c3ccc(S(=O)(=O)N4CCc5ccccc54)cc3)c2-c2nc3ccccc3s2)C1. The Bertz CT molecular complexity index is 1890. The summed E-state index contributed by atoms with van der Waals surface area (Å²) in [7, 11) is -3.73. The van der Waals surface area contributed by atoms with Gasteiger partial charge in [-0.3, -0.25) is 14.0 Å². The molecule has 1 N–H and O–H groups in total. The number of benzene rings is 3. The zero-order valence-corrected chi connectivity index (χ0v) is 25.8. The third kappa shape index (κ3) is 4.72. The smallest absolute Gasteiger partial charge is 0.264 e. The molecule has 2 aromatic heterocycles. The Kier molecular flexibility index (Phi) is 6.89. The Morgan fingerprint density at radius 1 is 0.929 bits per heavy atom. The molecule has 0 fully saturated rings. The number of nitrogens with one attached hydrogen (secondary N) is 1. The van der Waals surface area contributed by atoms with Gasteiger partial charge in [-0.1, -0.05) is 30.3 Å². The molecule has 0 bridgehead atoms. The maximum absolute atomic E-state index is 13.5. The minimum Gasteiger partial charge on any atom is -0.313 e. The van der Waals surface area contributed by atoms with Crippen LogP contribution in [-0.4, -0.2) is 43.3 Å². The normalized spacial score (nSPS) is 15.3. The number of fused-ring (bicyclic) bond motifs is 3. The van der Waals surface area contributed by atoms with E-state index >= 15 is 0 Å². The van der Waals surface area contributed by atoms with E-state index < -0.39 is 10.0 Å². The zero-order chi connectivity index (χ0) is 29.0. The Labute approximate surface area is 253 Å². The van der Waals surface area contributed by atoms with Crippen LogP contribution in [0.1, 0.15) is 40.2 Å². The molecule has 0 aliphatic carbocycles. The Balaban J connectivity index is 1.19. The molecule has 4 heterocycles. The van der Waals surface area contributed by atoms with Crippen LogP contribution in [0.3, 0.4) is 0 Å². The number of amides is 1. The first-order valence-electron chi connectivity index (χ1n) is 14.1. The molecule has 214 valence electrons. The molecule has 0 unspecified atom stereocenters. The van der Waals surface area contributed by atoms with E-state index in [-0.39, 0.29) is 10.8 Å². The van der Waals surface area contributed by atoms with Crippen molar-refractivity contribution in [3.05, 3.63) is 94.4 Å². The molecule has 2 aliphatic heterocycles. The topological polar surface area (TPSA) is 82.6 Å². The number of nitrogens with zero attached hydrogens (tertiary/aromatic N) is 3. The zero-order valence-electron chi connectivity index (χ0n) is 23.3. The highest BCUT2D eigenvalue weighted by Crippen LogP contribution is 2.46. The van der Waals surface area contributed by atoms with Crippen LogP contribution in [0, 0.1) is 0 Å². The fourth-order valence-electron chi connectivity index (χ4n) is 5.80. The van der Waals surface area contributed by atoms with E-state index in [1.165, 1.54) is 26.9 Å². The second-order valence-corrected chi connectivity index (χ2v) is 14.9. The van der Waals surface area contributed by atoms with Gasteiger partial charge >= 0.3 is 0 Å². The van der Waals surface area contributed by atoms with Gasteiger partial charge < -0.3 is 5.32 Å². The molecule has 5 aromatic rings. The van der Waals surface area contributed by atoms with Crippen LogP contribution in [0.4, 0.5) is 10.7 Å². The Hall–Kier alpha value is -3.57. The number of carbonyl (C=O) groups excluding carboxylic acids is 1. The minimum atomic E-state index is -3.73. The Morgan fingerprint density at radius 3 is 2.48 bits per heavy atom. The first kappa shape index (κ1) is 27.3. The minimum absolute atomic E-state index is 0.172. The molecule has 0 atom stereocenters. The second kappa shape index (κ2) is 10.6. The number of thiazole rings is 1. The van der Waals surface area contributed by atoms with Gasteiger partial charge in [0.25, 0.3) is 15.9 Å². The number of carbonyl (C=O) groups is 1. The maximum atomic E-state index is 13.5. The fraction of sp³-hybridized carbons (Fsp3) is 0.250. The molecular weight excluding hydrogens is 585 g/mol. The monoisotopic (exact) mass is 614 g/mol. The highest BCUT2D eigenvalue weighted by atomic mass is 32.2. The quantitative estimate of drug-likeness (QED) is 0.228. The number of hydrogen-bond acceptors (Lipinski definition) is 7. The summed E-state index contributed by atoms with van der Waals surface area (Å²) in [5.74, 6) is -0.271. The average Bonchev–Trinajstić information content (AvgIpc) is 3.71. The summed E-state index contributed by atoms with van der Waals surface area (Å²) in [4.78, 5) is 22.4. The number of para-hydroxylation sites is 2. The first-order chi connectivity index (χ1) is 20.3. The summed E-state index contributed by atoms with van der Waals surface area (Å²) in [5.41, 5.74) is 5.38. The van der Waals surface area contributed by atoms with E-state index in [4.69, 9.17) is 4.98 Å². The predicted octanol–water partition coefficient (Wildman–Crippen LogP) is 6.80. The van der Waals surface area contributed by atoms with Crippen LogP contribution in [0.25, 0.3) is 20.8 Å². The number of aromatic nitrogens is 1. The summed E-state index contributed by atoms with van der Waals surface area (Å²) >= 11 is 3.26. The van der Waals surface area contributed by atoms with E-state index in [9.17, 15) is 13.2 Å². The lowest BCUT2D eigenvalue weighted by Crippen LogP contribution is -2.35. The summed E-state index contributed by atoms with van der Waals surface area (Å²) in [6, 6.07) is 22.4. The molecule has 0 saturated carbocycles. The molecule has 1 amide bonds. The highest BCUT2D eigenvalue weighted by Gasteiger charge is 2.31. The van der Waals surface area contributed by atoms with E-state index in [2.05, 4.69) is 30.1 Å². The average molecular weight is 615 g/mol. The van der Waals surface area contributed by atoms with Crippen molar-refractivity contribution in [1.29, 1.82) is 0 Å². The van der Waals surface area contributed by atoms with Gasteiger partial charge in [0.05, 0.1) is 20.8 Å². The number of anilines is 2. The van der Waals surface area contributed by atoms with Crippen LogP contribution in [0.2, 0.25) is 0 Å². The molecule has 7 nitrogen and oxygen atoms in total. The van der Waals surface area contributed by atoms with Gasteiger partial charge in [-0.2, -0.15) is 0 Å². The van der Waals surface area contributed by atoms with Gasteiger partial charge in [-0.25, -0.2) is 13.4 Å². The Morgan fingerprint density at radius 2 is 1.69 bits per heavy atom. The highest BCUT2D eigenvalue weighted by molar-refractivity contribution is 7.92. The third-order valence-corrected chi connectivity index (χ3v) is 12.1. The van der Waals surface area contributed by atoms with Crippen LogP contribution < -0.4 is 9.62 Å². The maximum Gasteiger partial charge on any atom is 0.264 e. The van der Waals surface area contributed by atoms with Crippen molar-refractivity contribution in [2.75, 3.05) is 22.7 Å². The third-order valence-electron chi connectivity index (χ3n) is 8.10. The van der Waals surface area contributed by atoms with Gasteiger partial charge in [0.2, 0.25) is 0 Å². The van der Waals surface area contributed by atoms with Crippen LogP contribution >= 0.6 is 22.7 Å². The number of rotatable bonds is 6. The van der Waals surface area contributed by atoms with Crippen molar-refractivity contribution < 1.29 is 13.2 Å². The van der Waals surface area contributed by atoms with Gasteiger partial charge in [-0.15, -0.1) is 22.7 Å². The van der Waals surface area contributed by atoms with Crippen molar-refractivity contribution in [1.82, 2.24) is 9.88 Å². The molecule has 3 aromatic carbocycles. The van der Waals surface area contributed by atoms with Crippen molar-refractivity contribution >= 4 is 59.5 Å². The second-order valence-electron chi connectivity index (χ2n) is 10.9. The molecule has 10 heteroatoms. The molecule has 0 radical (unpaired) electrons. The fourth-order valence-corrected chi connectivity index (χ4v) is 9.68. The lowest BCUT2D eigenvalue weighted by molar-refractivity contribution is 0.102. The summed E-state index contributed by atoms with van der Waals surface area (Å²) in [6.07, 6.45) is 1.59. The van der Waals surface area contributed by atoms with Gasteiger partial charge in [0, 0.05) is 41.7 Å². The van der Waals surface area contributed by atoms with E-state index in [1.807, 2.05) is 42.5 Å². The summed E-state index contributed by atoms with van der Waals surface area (Å²) in [5, 5.41) is 4.87. The number of sulfonamides is 1. The van der Waals surface area contributed by atoms with Crippen molar-refractivity contribution in [3.8, 4) is 10.6 Å².